The fourth-order valence-electron chi connectivity index (χ4n) is 6.07. The third kappa shape index (κ3) is 4.23. The summed E-state index contributed by atoms with van der Waals surface area (Å²) in [4.78, 5) is 14.4. The quantitative estimate of drug-likeness (QED) is 0.235. The van der Waals surface area contributed by atoms with E-state index >= 15 is 0 Å². The van der Waals surface area contributed by atoms with E-state index in [2.05, 4.69) is 51.1 Å². The molecule has 190 valence electrons. The van der Waals surface area contributed by atoms with E-state index in [-0.39, 0.29) is 37.1 Å². The SMILES string of the molecule is CCOCOC[C@@]12C=C[C@@H](O1)[C@H]1C(OCc3ccccc3)=C(c3c(CC)cc(C)cc3CC)C(=O)[C@H]12. The third-order valence-electron chi connectivity index (χ3n) is 7.63. The minimum atomic E-state index is -0.796. The van der Waals surface area contributed by atoms with Gasteiger partial charge in [-0.1, -0.05) is 74.0 Å². The fraction of sp³-hybridized carbons (Fsp3) is 0.452. The molecule has 0 unspecified atom stereocenters. The Morgan fingerprint density at radius 3 is 2.39 bits per heavy atom. The van der Waals surface area contributed by atoms with Gasteiger partial charge in [-0.25, -0.2) is 0 Å². The molecule has 2 aliphatic heterocycles. The topological polar surface area (TPSA) is 54.0 Å². The van der Waals surface area contributed by atoms with Crippen molar-refractivity contribution in [2.24, 2.45) is 11.8 Å². The lowest BCUT2D eigenvalue weighted by Crippen LogP contribution is -2.42. The summed E-state index contributed by atoms with van der Waals surface area (Å²) in [6, 6.07) is 14.5. The number of allylic oxidation sites excluding steroid dienone is 1. The Balaban J connectivity index is 1.58. The van der Waals surface area contributed by atoms with Crippen LogP contribution >= 0.6 is 0 Å². The van der Waals surface area contributed by atoms with Gasteiger partial charge in [0.05, 0.1) is 30.1 Å². The summed E-state index contributed by atoms with van der Waals surface area (Å²) in [5, 5.41) is 0. The highest BCUT2D eigenvalue weighted by Crippen LogP contribution is 2.57. The van der Waals surface area contributed by atoms with Crippen LogP contribution in [0.2, 0.25) is 0 Å². The van der Waals surface area contributed by atoms with Crippen LogP contribution < -0.4 is 0 Å². The molecule has 3 aliphatic rings. The van der Waals surface area contributed by atoms with Crippen molar-refractivity contribution in [3.8, 4) is 0 Å². The maximum absolute atomic E-state index is 14.4. The molecule has 2 aromatic rings. The van der Waals surface area contributed by atoms with Crippen molar-refractivity contribution in [3.63, 3.8) is 0 Å². The number of ketones is 1. The highest BCUT2D eigenvalue weighted by atomic mass is 16.7. The first-order valence-electron chi connectivity index (χ1n) is 13.1. The average Bonchev–Trinajstić information content (AvgIpc) is 3.55. The summed E-state index contributed by atoms with van der Waals surface area (Å²) >= 11 is 0. The Morgan fingerprint density at radius 2 is 1.72 bits per heavy atom. The monoisotopic (exact) mass is 488 g/mol. The lowest BCUT2D eigenvalue weighted by molar-refractivity contribution is -0.131. The van der Waals surface area contributed by atoms with Gasteiger partial charge in [-0.3, -0.25) is 4.79 Å². The maximum Gasteiger partial charge on any atom is 0.174 e. The van der Waals surface area contributed by atoms with Crippen LogP contribution in [0, 0.1) is 18.8 Å². The maximum atomic E-state index is 14.4. The van der Waals surface area contributed by atoms with Crippen LogP contribution in [0.3, 0.4) is 0 Å². The van der Waals surface area contributed by atoms with Gasteiger partial charge in [0.15, 0.2) is 5.78 Å². The molecule has 5 rings (SSSR count). The molecule has 0 radical (unpaired) electrons. The van der Waals surface area contributed by atoms with E-state index in [1.165, 1.54) is 16.7 Å². The number of hydrogen-bond acceptors (Lipinski definition) is 5. The van der Waals surface area contributed by atoms with Gasteiger partial charge in [0.25, 0.3) is 0 Å². The first kappa shape index (κ1) is 24.9. The number of rotatable bonds is 11. The van der Waals surface area contributed by atoms with Gasteiger partial charge in [-0.15, -0.1) is 0 Å². The summed E-state index contributed by atoms with van der Waals surface area (Å²) in [6.45, 7) is 9.81. The number of hydrogen-bond donors (Lipinski definition) is 0. The second kappa shape index (κ2) is 10.3. The van der Waals surface area contributed by atoms with E-state index < -0.39 is 5.60 Å². The average molecular weight is 489 g/mol. The van der Waals surface area contributed by atoms with E-state index in [0.29, 0.717) is 13.2 Å². The molecule has 5 heteroatoms. The van der Waals surface area contributed by atoms with Crippen molar-refractivity contribution in [2.45, 2.75) is 58.8 Å². The van der Waals surface area contributed by atoms with Gasteiger partial charge in [-0.2, -0.15) is 0 Å². The van der Waals surface area contributed by atoms with Gasteiger partial charge in [-0.05, 0) is 48.9 Å². The van der Waals surface area contributed by atoms with Crippen LogP contribution in [0.15, 0.2) is 60.4 Å². The molecule has 0 saturated carbocycles. The Morgan fingerprint density at radius 1 is 1.00 bits per heavy atom. The highest BCUT2D eigenvalue weighted by molar-refractivity contribution is 6.26. The molecule has 1 aliphatic carbocycles. The van der Waals surface area contributed by atoms with Gasteiger partial charge in [0.1, 0.15) is 24.8 Å². The molecule has 0 amide bonds. The number of Topliss-reactive ketones (excluding diaryl/α,β-unsaturated/α-hetero) is 1. The van der Waals surface area contributed by atoms with Crippen molar-refractivity contribution in [1.82, 2.24) is 0 Å². The van der Waals surface area contributed by atoms with E-state index in [1.807, 2.05) is 31.2 Å². The van der Waals surface area contributed by atoms with Crippen LogP contribution in [-0.4, -0.2) is 37.5 Å². The van der Waals surface area contributed by atoms with Crippen LogP contribution in [0.5, 0.6) is 0 Å². The van der Waals surface area contributed by atoms with E-state index in [9.17, 15) is 4.79 Å². The van der Waals surface area contributed by atoms with Crippen LogP contribution in [-0.2, 0) is 43.2 Å². The standard InChI is InChI=1S/C31H36O5/c1-5-22-15-20(4)16-23(6-2)25(22)27-29(32)28-26(30(27)35-17-21-11-9-8-10-12-21)24-13-14-31(28,36-24)18-34-19-33-7-3/h8-16,24,26,28H,5-7,17-19H2,1-4H3/t24-,26-,28+,31-/m1/s1. The molecule has 36 heavy (non-hydrogen) atoms. The first-order valence-corrected chi connectivity index (χ1v) is 13.1. The summed E-state index contributed by atoms with van der Waals surface area (Å²) in [6.07, 6.45) is 5.59. The zero-order valence-electron chi connectivity index (χ0n) is 21.7. The first-order chi connectivity index (χ1) is 17.5. The highest BCUT2D eigenvalue weighted by Gasteiger charge is 2.65. The van der Waals surface area contributed by atoms with E-state index in [4.69, 9.17) is 18.9 Å². The van der Waals surface area contributed by atoms with Crippen molar-refractivity contribution >= 4 is 11.4 Å². The largest absolute Gasteiger partial charge is 0.492 e. The van der Waals surface area contributed by atoms with Crippen molar-refractivity contribution in [2.75, 3.05) is 20.0 Å². The number of aryl methyl sites for hydroxylation is 3. The van der Waals surface area contributed by atoms with E-state index in [1.54, 1.807) is 0 Å². The van der Waals surface area contributed by atoms with Crippen LogP contribution in [0.4, 0.5) is 0 Å². The van der Waals surface area contributed by atoms with Crippen LogP contribution in [0.1, 0.15) is 48.6 Å². The molecule has 0 aromatic heterocycles. The molecule has 2 bridgehead atoms. The minimum Gasteiger partial charge on any atom is -0.492 e. The summed E-state index contributed by atoms with van der Waals surface area (Å²) in [5.41, 5.74) is 5.67. The Labute approximate surface area is 214 Å². The molecule has 0 spiro atoms. The lowest BCUT2D eigenvalue weighted by atomic mass is 9.76. The fourth-order valence-corrected chi connectivity index (χ4v) is 6.07. The smallest absolute Gasteiger partial charge is 0.174 e. The number of ether oxygens (including phenoxy) is 4. The summed E-state index contributed by atoms with van der Waals surface area (Å²) < 4.78 is 24.3. The molecule has 2 heterocycles. The van der Waals surface area contributed by atoms with Crippen LogP contribution in [0.25, 0.3) is 5.57 Å². The molecular formula is C31H36O5. The molecule has 1 fully saturated rings. The Bertz CT molecular complexity index is 1160. The lowest BCUT2D eigenvalue weighted by Gasteiger charge is -2.29. The van der Waals surface area contributed by atoms with Gasteiger partial charge >= 0.3 is 0 Å². The molecular weight excluding hydrogens is 452 g/mol. The molecule has 1 saturated heterocycles. The molecule has 5 nitrogen and oxygen atoms in total. The molecule has 2 aromatic carbocycles. The number of fused-ring (bicyclic) bond motifs is 5. The Hall–Kier alpha value is -2.73. The van der Waals surface area contributed by atoms with Gasteiger partial charge in [0, 0.05) is 6.61 Å². The molecule has 0 N–H and O–H groups in total. The van der Waals surface area contributed by atoms with Crippen molar-refractivity contribution in [3.05, 3.63) is 88.2 Å². The zero-order valence-corrected chi connectivity index (χ0v) is 21.7. The predicted molar refractivity (Wildman–Crippen MR) is 139 cm³/mol. The molecule has 4 atom stereocenters. The van der Waals surface area contributed by atoms with Gasteiger partial charge in [0.2, 0.25) is 0 Å². The third-order valence-corrected chi connectivity index (χ3v) is 7.63. The summed E-state index contributed by atoms with van der Waals surface area (Å²) in [7, 11) is 0. The van der Waals surface area contributed by atoms with Crippen molar-refractivity contribution in [1.29, 1.82) is 0 Å². The second-order valence-corrected chi connectivity index (χ2v) is 9.90. The Kier molecular flexibility index (Phi) is 7.16. The van der Waals surface area contributed by atoms with Crippen molar-refractivity contribution < 1.29 is 23.7 Å². The second-order valence-electron chi connectivity index (χ2n) is 9.90. The normalized spacial score (nSPS) is 26.2. The van der Waals surface area contributed by atoms with E-state index in [0.717, 1.165) is 35.3 Å². The predicted octanol–water partition coefficient (Wildman–Crippen LogP) is 5.58. The van der Waals surface area contributed by atoms with Gasteiger partial charge < -0.3 is 18.9 Å². The minimum absolute atomic E-state index is 0.100. The number of benzene rings is 2. The summed E-state index contributed by atoms with van der Waals surface area (Å²) in [5.74, 6) is 0.338. The zero-order chi connectivity index (χ0) is 25.3. The number of carbonyl (C=O) groups excluding carboxylic acids is 1. The number of carbonyl (C=O) groups is 1.